The highest BCUT2D eigenvalue weighted by atomic mass is 16.5. The summed E-state index contributed by atoms with van der Waals surface area (Å²) in [5.41, 5.74) is -0.150. The minimum Gasteiger partial charge on any atom is -0.378 e. The first kappa shape index (κ1) is 42.4. The molecule has 0 aliphatic carbocycles. The van der Waals surface area contributed by atoms with Gasteiger partial charge in [-0.2, -0.15) is 0 Å². The van der Waals surface area contributed by atoms with Crippen LogP contribution in [0.2, 0.25) is 0 Å². The monoisotopic (exact) mass is 611 g/mol. The van der Waals surface area contributed by atoms with Crippen LogP contribution in [0.4, 0.5) is 0 Å². The predicted molar refractivity (Wildman–Crippen MR) is 198 cm³/mol. The lowest BCUT2D eigenvalue weighted by Crippen LogP contribution is -2.20. The average molecular weight is 611 g/mol. The molecule has 6 unspecified atom stereocenters. The number of allylic oxidation sites excluding steroid dienone is 10. The van der Waals surface area contributed by atoms with E-state index in [9.17, 15) is 0 Å². The number of methoxy groups -OCH3 is 2. The Hall–Kier alpha value is -1.64. The Kier molecular flexibility index (Phi) is 23.7. The Morgan fingerprint density at radius 3 is 1.41 bits per heavy atom. The Labute approximate surface area is 276 Å². The summed E-state index contributed by atoms with van der Waals surface area (Å²) in [5.74, 6) is 3.70. The molecule has 0 aromatic heterocycles. The van der Waals surface area contributed by atoms with Crippen LogP contribution in [-0.4, -0.2) is 25.4 Å². The van der Waals surface area contributed by atoms with Crippen molar-refractivity contribution < 1.29 is 9.47 Å². The van der Waals surface area contributed by atoms with E-state index >= 15 is 0 Å². The van der Waals surface area contributed by atoms with Crippen LogP contribution in [0.3, 0.4) is 0 Å². The first-order valence-corrected chi connectivity index (χ1v) is 17.8. The van der Waals surface area contributed by atoms with E-state index < -0.39 is 0 Å². The van der Waals surface area contributed by atoms with Crippen molar-refractivity contribution in [3.05, 3.63) is 72.9 Å². The van der Waals surface area contributed by atoms with Crippen LogP contribution >= 0.6 is 0 Å². The lowest BCUT2D eigenvalue weighted by Gasteiger charge is -2.20. The molecule has 0 radical (unpaired) electrons. The number of ether oxygens (including phenoxy) is 2. The van der Waals surface area contributed by atoms with Crippen LogP contribution in [0, 0.1) is 35.5 Å². The standard InChI is InChI=1S/C42H74O2/c1-35(23-15-25-37(3)27-17-29-39(5)31-19-33-41(7,8)43-11)21-13-14-22-36(2)24-16-26-38(4)28-18-30-40(6)32-20-34-42(9,10)44-12/h13,15,17-21,25,28-29,31-32,35-40H,14,16,22-24,26-27,30,33-34H2,1-12H3/b21-13+,25-15+,28-18+,29-17+,31-19+,32-20+. The minimum atomic E-state index is -0.0820. The molecule has 0 fully saturated rings. The lowest BCUT2D eigenvalue weighted by molar-refractivity contribution is 0.0251. The Morgan fingerprint density at radius 1 is 0.477 bits per heavy atom. The van der Waals surface area contributed by atoms with Gasteiger partial charge in [0.1, 0.15) is 0 Å². The summed E-state index contributed by atoms with van der Waals surface area (Å²) in [6.07, 6.45) is 39.9. The first-order valence-electron chi connectivity index (χ1n) is 17.8. The summed E-state index contributed by atoms with van der Waals surface area (Å²) in [4.78, 5) is 0. The summed E-state index contributed by atoms with van der Waals surface area (Å²) in [5, 5.41) is 0. The van der Waals surface area contributed by atoms with Crippen molar-refractivity contribution in [3.63, 3.8) is 0 Å². The summed E-state index contributed by atoms with van der Waals surface area (Å²) >= 11 is 0. The maximum absolute atomic E-state index is 5.49. The third-order valence-electron chi connectivity index (χ3n) is 8.77. The van der Waals surface area contributed by atoms with Gasteiger partial charge in [0.2, 0.25) is 0 Å². The van der Waals surface area contributed by atoms with Gasteiger partial charge in [-0.25, -0.2) is 0 Å². The average Bonchev–Trinajstić information content (AvgIpc) is 2.95. The van der Waals surface area contributed by atoms with Crippen LogP contribution in [0.5, 0.6) is 0 Å². The molecule has 0 aliphatic heterocycles. The Morgan fingerprint density at radius 2 is 0.886 bits per heavy atom. The van der Waals surface area contributed by atoms with Crippen molar-refractivity contribution in [1.82, 2.24) is 0 Å². The molecule has 44 heavy (non-hydrogen) atoms. The van der Waals surface area contributed by atoms with E-state index in [1.54, 1.807) is 14.2 Å². The molecule has 0 aromatic rings. The van der Waals surface area contributed by atoms with Crippen LogP contribution in [0.1, 0.15) is 133 Å². The maximum atomic E-state index is 5.49. The van der Waals surface area contributed by atoms with Gasteiger partial charge in [-0.3, -0.25) is 0 Å². The highest BCUT2D eigenvalue weighted by Crippen LogP contribution is 2.20. The van der Waals surface area contributed by atoms with Crippen molar-refractivity contribution in [2.75, 3.05) is 14.2 Å². The van der Waals surface area contributed by atoms with E-state index in [1.807, 2.05) is 0 Å². The molecule has 0 spiro atoms. The maximum Gasteiger partial charge on any atom is 0.0657 e. The largest absolute Gasteiger partial charge is 0.378 e. The van der Waals surface area contributed by atoms with Gasteiger partial charge in [-0.15, -0.1) is 0 Å². The van der Waals surface area contributed by atoms with Crippen molar-refractivity contribution in [3.8, 4) is 0 Å². The van der Waals surface area contributed by atoms with Crippen LogP contribution in [0.25, 0.3) is 0 Å². The van der Waals surface area contributed by atoms with E-state index in [0.717, 1.165) is 38.0 Å². The van der Waals surface area contributed by atoms with Crippen molar-refractivity contribution in [1.29, 1.82) is 0 Å². The zero-order valence-electron chi connectivity index (χ0n) is 31.3. The van der Waals surface area contributed by atoms with Gasteiger partial charge < -0.3 is 9.47 Å². The van der Waals surface area contributed by atoms with Crippen LogP contribution in [0.15, 0.2) is 72.9 Å². The Bertz CT molecular complexity index is 868. The molecule has 6 atom stereocenters. The van der Waals surface area contributed by atoms with Gasteiger partial charge in [0.25, 0.3) is 0 Å². The van der Waals surface area contributed by atoms with E-state index in [-0.39, 0.29) is 11.2 Å². The van der Waals surface area contributed by atoms with Gasteiger partial charge in [0, 0.05) is 14.2 Å². The van der Waals surface area contributed by atoms with Crippen LogP contribution in [-0.2, 0) is 9.47 Å². The first-order chi connectivity index (χ1) is 20.7. The Balaban J connectivity index is 4.09. The highest BCUT2D eigenvalue weighted by molar-refractivity contribution is 5.02. The molecular weight excluding hydrogens is 536 g/mol. The smallest absolute Gasteiger partial charge is 0.0657 e. The van der Waals surface area contributed by atoms with Gasteiger partial charge in [0.05, 0.1) is 11.2 Å². The highest BCUT2D eigenvalue weighted by Gasteiger charge is 2.14. The molecule has 0 bridgehead atoms. The fourth-order valence-electron chi connectivity index (χ4n) is 4.91. The summed E-state index contributed by atoms with van der Waals surface area (Å²) in [6.45, 7) is 22.5. The summed E-state index contributed by atoms with van der Waals surface area (Å²) in [7, 11) is 3.57. The molecule has 0 saturated carbocycles. The molecule has 2 heteroatoms. The van der Waals surface area contributed by atoms with E-state index in [1.165, 1.54) is 32.1 Å². The second-order valence-electron chi connectivity index (χ2n) is 15.0. The van der Waals surface area contributed by atoms with Crippen molar-refractivity contribution in [2.45, 2.75) is 145 Å². The molecule has 0 rings (SSSR count). The minimum absolute atomic E-state index is 0.0680. The molecule has 0 N–H and O–H groups in total. The lowest BCUT2D eigenvalue weighted by atomic mass is 9.94. The molecule has 254 valence electrons. The summed E-state index contributed by atoms with van der Waals surface area (Å²) in [6, 6.07) is 0. The van der Waals surface area contributed by atoms with Gasteiger partial charge >= 0.3 is 0 Å². The van der Waals surface area contributed by atoms with E-state index in [4.69, 9.17) is 9.47 Å². The number of hydrogen-bond acceptors (Lipinski definition) is 2. The SMILES string of the molecule is COC(C)(C)C/C=C/C(C)/C=C/CC(C)/C=C/CC(C)/C=C/CCC(C)CCCC(C)/C=C/CC(C)/C=C/CC(C)(C)OC. The zero-order chi connectivity index (χ0) is 33.4. The molecule has 0 heterocycles. The second kappa shape index (κ2) is 24.6. The second-order valence-corrected chi connectivity index (χ2v) is 15.0. The number of rotatable bonds is 25. The fourth-order valence-corrected chi connectivity index (χ4v) is 4.91. The molecule has 0 aromatic carbocycles. The van der Waals surface area contributed by atoms with E-state index in [0.29, 0.717) is 29.6 Å². The third kappa shape index (κ3) is 25.7. The molecule has 0 amide bonds. The number of hydrogen-bond donors (Lipinski definition) is 0. The molecular formula is C42H74O2. The molecule has 0 aliphatic rings. The quantitative estimate of drug-likeness (QED) is 0.0957. The third-order valence-corrected chi connectivity index (χ3v) is 8.77. The zero-order valence-corrected chi connectivity index (χ0v) is 31.3. The molecule has 0 saturated heterocycles. The summed E-state index contributed by atoms with van der Waals surface area (Å²) < 4.78 is 11.0. The van der Waals surface area contributed by atoms with Crippen molar-refractivity contribution in [2.24, 2.45) is 35.5 Å². The predicted octanol–water partition coefficient (Wildman–Crippen LogP) is 12.9. The fraction of sp³-hybridized carbons (Fsp3) is 0.714. The van der Waals surface area contributed by atoms with E-state index in [2.05, 4.69) is 142 Å². The van der Waals surface area contributed by atoms with Crippen LogP contribution < -0.4 is 0 Å². The van der Waals surface area contributed by atoms with Gasteiger partial charge in [0.15, 0.2) is 0 Å². The normalized spacial score (nSPS) is 18.0. The topological polar surface area (TPSA) is 18.5 Å². The van der Waals surface area contributed by atoms with Crippen molar-refractivity contribution >= 4 is 0 Å². The van der Waals surface area contributed by atoms with Gasteiger partial charge in [-0.05, 0) is 115 Å². The molecule has 2 nitrogen and oxygen atoms in total. The van der Waals surface area contributed by atoms with Gasteiger partial charge in [-0.1, -0.05) is 127 Å².